The first kappa shape index (κ1) is 25.2. The Kier molecular flexibility index (Phi) is 6.88. The molecule has 0 bridgehead atoms. The number of halogens is 1. The molecule has 8 nitrogen and oxygen atoms in total. The number of piperidine rings is 1. The average Bonchev–Trinajstić information content (AvgIpc) is 3.32. The van der Waals surface area contributed by atoms with Gasteiger partial charge >= 0.3 is 12.1 Å². The van der Waals surface area contributed by atoms with E-state index in [2.05, 4.69) is 14.9 Å². The molecule has 1 aliphatic carbocycles. The molecule has 1 aromatic heterocycles. The molecule has 1 aliphatic heterocycles. The van der Waals surface area contributed by atoms with E-state index < -0.39 is 6.16 Å². The maximum Gasteiger partial charge on any atom is 0.511 e. The molecule has 1 fully saturated rings. The number of ether oxygens (including phenoxy) is 1. The van der Waals surface area contributed by atoms with Crippen LogP contribution in [-0.2, 0) is 6.42 Å². The molecule has 1 saturated heterocycles. The molecule has 2 heterocycles. The number of carbonyl (C=O) groups is 2. The molecule has 5 rings (SSSR count). The van der Waals surface area contributed by atoms with Crippen LogP contribution in [0.25, 0.3) is 0 Å². The van der Waals surface area contributed by atoms with Gasteiger partial charge in [0.15, 0.2) is 0 Å². The standard InChI is InChI=1S/C28H29ClN4O4/c1-18-30-14-11-26(31-18)32-15-12-20(13-16-32)33(2,27(34)22-5-3-4-6-24(22)29)25-10-8-19-7-9-21(17-23(19)25)37-28(35)36/h3-7,9,11,14,17,20,25H,8,10,12-13,15-16H2,1-2H3/p+1/t25-,33?/m1/s1. The van der Waals surface area contributed by atoms with Crippen molar-refractivity contribution in [2.45, 2.75) is 44.7 Å². The molecule has 37 heavy (non-hydrogen) atoms. The SMILES string of the molecule is Cc1nccc(N2CCC([N+](C)(C(=O)c3ccccc3Cl)[C@@H]3CCc4ccc(OC(=O)O)cc43)CC2)n1. The van der Waals surface area contributed by atoms with Crippen LogP contribution in [0, 0.1) is 6.92 Å². The van der Waals surface area contributed by atoms with Crippen molar-refractivity contribution in [1.82, 2.24) is 9.97 Å². The Labute approximate surface area is 221 Å². The van der Waals surface area contributed by atoms with Gasteiger partial charge in [0.1, 0.15) is 23.4 Å². The first-order valence-electron chi connectivity index (χ1n) is 12.5. The summed E-state index contributed by atoms with van der Waals surface area (Å²) in [5.74, 6) is 1.88. The monoisotopic (exact) mass is 521 g/mol. The number of aryl methyl sites for hydroxylation is 2. The third-order valence-electron chi connectivity index (χ3n) is 7.87. The Morgan fingerprint density at radius 3 is 2.57 bits per heavy atom. The van der Waals surface area contributed by atoms with Gasteiger partial charge < -0.3 is 14.7 Å². The molecule has 3 aromatic rings. The fourth-order valence-electron chi connectivity index (χ4n) is 5.99. The Bertz CT molecular complexity index is 1340. The summed E-state index contributed by atoms with van der Waals surface area (Å²) in [6.07, 6.45) is 3.61. The number of carboxylic acid groups (broad SMARTS) is 1. The number of nitrogens with zero attached hydrogens (tertiary/aromatic N) is 4. The molecule has 2 aromatic carbocycles. The maximum atomic E-state index is 14.4. The molecule has 0 spiro atoms. The first-order valence-corrected chi connectivity index (χ1v) is 12.9. The predicted octanol–water partition coefficient (Wildman–Crippen LogP) is 5.44. The van der Waals surface area contributed by atoms with E-state index in [0.29, 0.717) is 10.6 Å². The van der Waals surface area contributed by atoms with Crippen molar-refractivity contribution >= 4 is 29.5 Å². The Hall–Kier alpha value is -3.49. The van der Waals surface area contributed by atoms with Crippen LogP contribution in [0.1, 0.15) is 52.6 Å². The van der Waals surface area contributed by atoms with Crippen LogP contribution in [0.5, 0.6) is 5.75 Å². The summed E-state index contributed by atoms with van der Waals surface area (Å²) < 4.78 is 5.14. The van der Waals surface area contributed by atoms with E-state index in [1.54, 1.807) is 30.5 Å². The van der Waals surface area contributed by atoms with E-state index in [9.17, 15) is 9.59 Å². The summed E-state index contributed by atoms with van der Waals surface area (Å²) >= 11 is 6.53. The van der Waals surface area contributed by atoms with Crippen LogP contribution < -0.4 is 9.64 Å². The number of amides is 1. The summed E-state index contributed by atoms with van der Waals surface area (Å²) in [4.78, 5) is 36.6. The van der Waals surface area contributed by atoms with Crippen molar-refractivity contribution in [1.29, 1.82) is 0 Å². The van der Waals surface area contributed by atoms with Gasteiger partial charge in [-0.15, -0.1) is 0 Å². The van der Waals surface area contributed by atoms with Crippen molar-refractivity contribution in [2.75, 3.05) is 25.0 Å². The lowest BCUT2D eigenvalue weighted by atomic mass is 9.93. The molecule has 1 N–H and O–H groups in total. The number of hydrogen-bond donors (Lipinski definition) is 1. The van der Waals surface area contributed by atoms with Gasteiger partial charge in [-0.25, -0.2) is 24.0 Å². The van der Waals surface area contributed by atoms with Gasteiger partial charge in [-0.05, 0) is 49.2 Å². The molecule has 1 amide bonds. The summed E-state index contributed by atoms with van der Waals surface area (Å²) in [6, 6.07) is 14.4. The van der Waals surface area contributed by atoms with Gasteiger partial charge in [-0.1, -0.05) is 29.8 Å². The number of aromatic nitrogens is 2. The lowest BCUT2D eigenvalue weighted by Gasteiger charge is -2.47. The highest BCUT2D eigenvalue weighted by atomic mass is 35.5. The van der Waals surface area contributed by atoms with Crippen LogP contribution in [0.15, 0.2) is 54.7 Å². The highest BCUT2D eigenvalue weighted by molar-refractivity contribution is 6.33. The molecule has 0 radical (unpaired) electrons. The molecule has 2 aliphatic rings. The van der Waals surface area contributed by atoms with E-state index in [1.807, 2.05) is 38.2 Å². The lowest BCUT2D eigenvalue weighted by Crippen LogP contribution is -2.60. The zero-order chi connectivity index (χ0) is 26.2. The third kappa shape index (κ3) is 4.79. The molecule has 0 saturated carbocycles. The molecule has 1 unspecified atom stereocenters. The van der Waals surface area contributed by atoms with Crippen molar-refractivity contribution in [3.63, 3.8) is 0 Å². The fourth-order valence-corrected chi connectivity index (χ4v) is 6.20. The number of quaternary nitrogens is 1. The van der Waals surface area contributed by atoms with E-state index in [4.69, 9.17) is 21.4 Å². The number of carbonyl (C=O) groups excluding carboxylic acids is 1. The van der Waals surface area contributed by atoms with E-state index >= 15 is 0 Å². The third-order valence-corrected chi connectivity index (χ3v) is 8.20. The molecule has 2 atom stereocenters. The second-order valence-corrected chi connectivity index (χ2v) is 10.3. The number of anilines is 1. The predicted molar refractivity (Wildman–Crippen MR) is 140 cm³/mol. The van der Waals surface area contributed by atoms with E-state index in [0.717, 1.165) is 61.5 Å². The molecular formula is C28H30ClN4O4+. The highest BCUT2D eigenvalue weighted by Gasteiger charge is 2.51. The van der Waals surface area contributed by atoms with Crippen LogP contribution in [0.3, 0.4) is 0 Å². The summed E-state index contributed by atoms with van der Waals surface area (Å²) in [5.41, 5.74) is 2.59. The van der Waals surface area contributed by atoms with Gasteiger partial charge in [-0.2, -0.15) is 0 Å². The van der Waals surface area contributed by atoms with Crippen LogP contribution in [0.2, 0.25) is 5.02 Å². The molecule has 192 valence electrons. The Morgan fingerprint density at radius 2 is 1.86 bits per heavy atom. The minimum Gasteiger partial charge on any atom is -0.449 e. The Morgan fingerprint density at radius 1 is 1.11 bits per heavy atom. The number of fused-ring (bicyclic) bond motifs is 1. The van der Waals surface area contributed by atoms with Crippen molar-refractivity contribution in [2.24, 2.45) is 0 Å². The van der Waals surface area contributed by atoms with Gasteiger partial charge in [-0.3, -0.25) is 0 Å². The number of hydrogen-bond acceptors (Lipinski definition) is 6. The second kappa shape index (κ2) is 10.1. The lowest BCUT2D eigenvalue weighted by molar-refractivity contribution is -0.887. The average molecular weight is 522 g/mol. The van der Waals surface area contributed by atoms with E-state index in [1.165, 1.54) is 0 Å². The molecular weight excluding hydrogens is 492 g/mol. The second-order valence-electron chi connectivity index (χ2n) is 9.90. The fraction of sp³-hybridized carbons (Fsp3) is 0.357. The van der Waals surface area contributed by atoms with Crippen molar-refractivity contribution < 1.29 is 23.9 Å². The smallest absolute Gasteiger partial charge is 0.449 e. The van der Waals surface area contributed by atoms with Crippen LogP contribution in [-0.4, -0.2) is 57.8 Å². The minimum atomic E-state index is -1.36. The van der Waals surface area contributed by atoms with Gasteiger partial charge in [0.05, 0.1) is 23.7 Å². The Balaban J connectivity index is 1.51. The zero-order valence-corrected chi connectivity index (χ0v) is 21.7. The maximum absolute atomic E-state index is 14.4. The van der Waals surface area contributed by atoms with E-state index in [-0.39, 0.29) is 28.2 Å². The minimum absolute atomic E-state index is 0.0238. The summed E-state index contributed by atoms with van der Waals surface area (Å²) in [6.45, 7) is 3.42. The van der Waals surface area contributed by atoms with Gasteiger partial charge in [0.2, 0.25) is 0 Å². The van der Waals surface area contributed by atoms with Crippen molar-refractivity contribution in [3.8, 4) is 5.75 Å². The number of benzene rings is 2. The van der Waals surface area contributed by atoms with Crippen LogP contribution >= 0.6 is 11.6 Å². The zero-order valence-electron chi connectivity index (χ0n) is 20.9. The van der Waals surface area contributed by atoms with Gasteiger partial charge in [0, 0.05) is 44.1 Å². The molecule has 9 heteroatoms. The quantitative estimate of drug-likeness (QED) is 0.271. The number of rotatable bonds is 5. The largest absolute Gasteiger partial charge is 0.511 e. The first-order chi connectivity index (χ1) is 17.8. The van der Waals surface area contributed by atoms with Gasteiger partial charge in [0.25, 0.3) is 0 Å². The summed E-state index contributed by atoms with van der Waals surface area (Å²) in [7, 11) is 2.02. The van der Waals surface area contributed by atoms with Crippen molar-refractivity contribution in [3.05, 3.63) is 82.3 Å². The van der Waals surface area contributed by atoms with Crippen LogP contribution in [0.4, 0.5) is 10.6 Å². The normalized spacial score (nSPS) is 19.2. The topological polar surface area (TPSA) is 92.6 Å². The highest BCUT2D eigenvalue weighted by Crippen LogP contribution is 2.46. The summed E-state index contributed by atoms with van der Waals surface area (Å²) in [5, 5.41) is 9.58.